The average molecular weight is 325 g/mol. The van der Waals surface area contributed by atoms with Crippen LogP contribution in [-0.4, -0.2) is 22.5 Å². The van der Waals surface area contributed by atoms with Gasteiger partial charge in [-0.15, -0.1) is 5.73 Å². The molecular formula is C18H36OSi2. The Balaban J connectivity index is 3.02. The third-order valence-corrected chi connectivity index (χ3v) is 10.2. The molecule has 0 amide bonds. The summed E-state index contributed by atoms with van der Waals surface area (Å²) < 4.78 is 6.74. The molecule has 0 aliphatic heterocycles. The van der Waals surface area contributed by atoms with Gasteiger partial charge in [0.05, 0.1) is 14.2 Å². The Morgan fingerprint density at radius 3 is 2.19 bits per heavy atom. The third kappa shape index (κ3) is 6.27. The molecule has 0 saturated heterocycles. The van der Waals surface area contributed by atoms with Crippen molar-refractivity contribution in [3.05, 3.63) is 17.0 Å². The molecule has 0 aromatic carbocycles. The van der Waals surface area contributed by atoms with Gasteiger partial charge in [0.25, 0.3) is 0 Å². The fraction of sp³-hybridized carbons (Fsp3) is 0.833. The summed E-state index contributed by atoms with van der Waals surface area (Å²) >= 11 is 0. The molecule has 1 saturated carbocycles. The summed E-state index contributed by atoms with van der Waals surface area (Å²) in [6.07, 6.45) is 6.64. The molecule has 0 aromatic rings. The van der Waals surface area contributed by atoms with Crippen LogP contribution < -0.4 is 0 Å². The lowest BCUT2D eigenvalue weighted by Gasteiger charge is -2.39. The summed E-state index contributed by atoms with van der Waals surface area (Å²) in [6.45, 7) is 18.9. The Morgan fingerprint density at radius 1 is 1.05 bits per heavy atom. The lowest BCUT2D eigenvalue weighted by Crippen LogP contribution is -2.44. The normalized spacial score (nSPS) is 21.7. The summed E-state index contributed by atoms with van der Waals surface area (Å²) in [7, 11) is -2.88. The first kappa shape index (κ1) is 19.0. The van der Waals surface area contributed by atoms with E-state index in [1.54, 1.807) is 0 Å². The Morgan fingerprint density at radius 2 is 1.67 bits per heavy atom. The van der Waals surface area contributed by atoms with E-state index in [0.717, 1.165) is 0 Å². The maximum absolute atomic E-state index is 6.74. The van der Waals surface area contributed by atoms with E-state index in [1.165, 1.54) is 37.7 Å². The Hall–Kier alpha value is -0.0862. The van der Waals surface area contributed by atoms with Crippen LogP contribution in [0.3, 0.4) is 0 Å². The molecule has 1 unspecified atom stereocenters. The molecule has 1 aliphatic rings. The zero-order valence-electron chi connectivity index (χ0n) is 15.6. The molecule has 3 heteroatoms. The molecule has 0 aromatic heterocycles. The van der Waals surface area contributed by atoms with E-state index in [-0.39, 0.29) is 5.04 Å². The van der Waals surface area contributed by atoms with Crippen molar-refractivity contribution < 1.29 is 4.43 Å². The zero-order chi connectivity index (χ0) is 16.3. The lowest BCUT2D eigenvalue weighted by atomic mass is 10.1. The molecule has 0 bridgehead atoms. The van der Waals surface area contributed by atoms with E-state index >= 15 is 0 Å². The first-order chi connectivity index (χ1) is 9.42. The lowest BCUT2D eigenvalue weighted by molar-refractivity contribution is 0.203. The van der Waals surface area contributed by atoms with Crippen LogP contribution in [0.25, 0.3) is 0 Å². The van der Waals surface area contributed by atoms with E-state index in [0.29, 0.717) is 6.10 Å². The summed E-state index contributed by atoms with van der Waals surface area (Å²) in [5.74, 6) is 0. The molecule has 0 N–H and O–H groups in total. The SMILES string of the molecule is CC(C)(C)[Si](C)(C)OC1CCCCCC1=C=C[Si](C)(C)C. The fourth-order valence-corrected chi connectivity index (χ4v) is 4.24. The summed E-state index contributed by atoms with van der Waals surface area (Å²) in [6, 6.07) is 0. The van der Waals surface area contributed by atoms with Crippen molar-refractivity contribution in [2.24, 2.45) is 0 Å². The molecule has 1 nitrogen and oxygen atoms in total. The van der Waals surface area contributed by atoms with Crippen LogP contribution in [0.1, 0.15) is 52.9 Å². The summed E-state index contributed by atoms with van der Waals surface area (Å²) in [5, 5.41) is 0.285. The van der Waals surface area contributed by atoms with E-state index in [1.807, 2.05) is 0 Å². The highest BCUT2D eigenvalue weighted by atomic mass is 28.4. The van der Waals surface area contributed by atoms with Gasteiger partial charge in [-0.25, -0.2) is 0 Å². The minimum atomic E-state index is -1.69. The second kappa shape index (κ2) is 6.99. The van der Waals surface area contributed by atoms with Gasteiger partial charge in [-0.05, 0) is 43.0 Å². The summed E-state index contributed by atoms with van der Waals surface area (Å²) in [5.41, 5.74) is 7.49. The van der Waals surface area contributed by atoms with Crippen molar-refractivity contribution in [1.82, 2.24) is 0 Å². The molecule has 1 fully saturated rings. The monoisotopic (exact) mass is 324 g/mol. The van der Waals surface area contributed by atoms with Crippen molar-refractivity contribution in [2.75, 3.05) is 0 Å². The summed E-state index contributed by atoms with van der Waals surface area (Å²) in [4.78, 5) is 0. The third-order valence-electron chi connectivity index (χ3n) is 4.73. The van der Waals surface area contributed by atoms with Gasteiger partial charge < -0.3 is 4.43 Å². The maximum Gasteiger partial charge on any atom is 0.192 e. The predicted molar refractivity (Wildman–Crippen MR) is 100 cm³/mol. The fourth-order valence-electron chi connectivity index (χ4n) is 2.29. The van der Waals surface area contributed by atoms with Crippen LogP contribution in [0, 0.1) is 0 Å². The zero-order valence-corrected chi connectivity index (χ0v) is 17.6. The average Bonchev–Trinajstić information content (AvgIpc) is 2.49. The highest BCUT2D eigenvalue weighted by molar-refractivity contribution is 6.80. The van der Waals surface area contributed by atoms with E-state index in [2.05, 4.69) is 64.9 Å². The second-order valence-electron chi connectivity index (χ2n) is 9.15. The molecule has 122 valence electrons. The van der Waals surface area contributed by atoms with E-state index < -0.39 is 16.4 Å². The minimum absolute atomic E-state index is 0.285. The van der Waals surface area contributed by atoms with Gasteiger partial charge in [0.2, 0.25) is 0 Å². The van der Waals surface area contributed by atoms with Crippen LogP contribution in [0.5, 0.6) is 0 Å². The highest BCUT2D eigenvalue weighted by Crippen LogP contribution is 2.39. The van der Waals surface area contributed by atoms with Gasteiger partial charge >= 0.3 is 0 Å². The molecule has 21 heavy (non-hydrogen) atoms. The van der Waals surface area contributed by atoms with Crippen molar-refractivity contribution in [3.8, 4) is 0 Å². The molecule has 0 spiro atoms. The number of rotatable bonds is 3. The van der Waals surface area contributed by atoms with Crippen molar-refractivity contribution in [3.63, 3.8) is 0 Å². The van der Waals surface area contributed by atoms with Crippen molar-refractivity contribution in [1.29, 1.82) is 0 Å². The van der Waals surface area contributed by atoms with Gasteiger partial charge in [0.15, 0.2) is 8.32 Å². The minimum Gasteiger partial charge on any atom is -0.410 e. The van der Waals surface area contributed by atoms with Crippen LogP contribution in [0.4, 0.5) is 0 Å². The standard InChI is InChI=1S/C18H36OSi2/c1-18(2,3)21(7,8)19-17-13-11-9-10-12-16(17)14-15-20(4,5)6/h15,17H,9-13H2,1-8H3. The van der Waals surface area contributed by atoms with Crippen LogP contribution in [0.15, 0.2) is 17.0 Å². The Bertz CT molecular complexity index is 404. The van der Waals surface area contributed by atoms with Gasteiger partial charge in [-0.1, -0.05) is 59.0 Å². The maximum atomic E-state index is 6.74. The first-order valence-electron chi connectivity index (χ1n) is 8.57. The van der Waals surface area contributed by atoms with Gasteiger partial charge in [-0.2, -0.15) is 0 Å². The Labute approximate surface area is 135 Å². The molecule has 0 radical (unpaired) electrons. The van der Waals surface area contributed by atoms with Gasteiger partial charge in [0, 0.05) is 0 Å². The van der Waals surface area contributed by atoms with E-state index in [4.69, 9.17) is 4.43 Å². The molecule has 1 atom stereocenters. The molecular weight excluding hydrogens is 288 g/mol. The van der Waals surface area contributed by atoms with Gasteiger partial charge in [0.1, 0.15) is 0 Å². The molecule has 0 heterocycles. The smallest absolute Gasteiger partial charge is 0.192 e. The number of hydrogen-bond acceptors (Lipinski definition) is 1. The topological polar surface area (TPSA) is 9.23 Å². The highest BCUT2D eigenvalue weighted by Gasteiger charge is 2.39. The number of hydrogen-bond donors (Lipinski definition) is 0. The first-order valence-corrected chi connectivity index (χ1v) is 15.1. The van der Waals surface area contributed by atoms with E-state index in [9.17, 15) is 0 Å². The molecule has 1 rings (SSSR count). The second-order valence-corrected chi connectivity index (χ2v) is 18.9. The van der Waals surface area contributed by atoms with Crippen molar-refractivity contribution in [2.45, 2.75) is 96.8 Å². The van der Waals surface area contributed by atoms with Crippen LogP contribution in [0.2, 0.25) is 37.8 Å². The van der Waals surface area contributed by atoms with Crippen LogP contribution in [-0.2, 0) is 4.43 Å². The Kier molecular flexibility index (Phi) is 6.32. The largest absolute Gasteiger partial charge is 0.410 e. The predicted octanol–water partition coefficient (Wildman–Crippen LogP) is 6.30. The van der Waals surface area contributed by atoms with Crippen molar-refractivity contribution >= 4 is 16.4 Å². The van der Waals surface area contributed by atoms with Crippen LogP contribution >= 0.6 is 0 Å². The molecule has 1 aliphatic carbocycles. The van der Waals surface area contributed by atoms with Gasteiger partial charge in [-0.3, -0.25) is 0 Å². The quantitative estimate of drug-likeness (QED) is 0.336.